The average Bonchev–Trinajstić information content (AvgIpc) is 2.69. The molecule has 1 N–H and O–H groups in total. The first-order valence-corrected chi connectivity index (χ1v) is 11.7. The van der Waals surface area contributed by atoms with E-state index in [1.165, 1.54) is 19.2 Å². The molecule has 0 atom stereocenters. The summed E-state index contributed by atoms with van der Waals surface area (Å²) < 4.78 is 50.3. The first-order chi connectivity index (χ1) is 14.2. The minimum Gasteiger partial charge on any atom is -0.493 e. The molecule has 0 fully saturated rings. The number of rotatable bonds is 10. The van der Waals surface area contributed by atoms with Crippen LogP contribution in [0.25, 0.3) is 0 Å². The van der Waals surface area contributed by atoms with E-state index in [1.54, 1.807) is 25.3 Å². The third kappa shape index (κ3) is 6.60. The van der Waals surface area contributed by atoms with Crippen molar-refractivity contribution in [2.75, 3.05) is 31.3 Å². The molecule has 0 saturated heterocycles. The summed E-state index contributed by atoms with van der Waals surface area (Å²) in [6.45, 7) is 0.275. The van der Waals surface area contributed by atoms with E-state index in [0.29, 0.717) is 16.0 Å². The molecular formula is C20H24BrFN2O5S. The summed E-state index contributed by atoms with van der Waals surface area (Å²) in [6, 6.07) is 9.47. The lowest BCUT2D eigenvalue weighted by Gasteiger charge is -2.23. The van der Waals surface area contributed by atoms with Gasteiger partial charge in [0.2, 0.25) is 15.9 Å². The molecule has 2 aromatic rings. The molecule has 0 saturated carbocycles. The van der Waals surface area contributed by atoms with Gasteiger partial charge in [-0.05, 0) is 42.3 Å². The van der Waals surface area contributed by atoms with Crippen LogP contribution in [0.2, 0.25) is 0 Å². The second kappa shape index (κ2) is 10.6. The van der Waals surface area contributed by atoms with Crippen molar-refractivity contribution in [2.45, 2.75) is 19.4 Å². The van der Waals surface area contributed by atoms with Crippen LogP contribution in [0.15, 0.2) is 40.9 Å². The van der Waals surface area contributed by atoms with Crippen LogP contribution >= 0.6 is 15.9 Å². The fourth-order valence-corrected chi connectivity index (χ4v) is 4.11. The predicted octanol–water partition coefficient (Wildman–Crippen LogP) is 3.47. The Morgan fingerprint density at radius 2 is 1.83 bits per heavy atom. The normalized spacial score (nSPS) is 11.1. The Morgan fingerprint density at radius 1 is 1.13 bits per heavy atom. The monoisotopic (exact) mass is 502 g/mol. The molecule has 0 heterocycles. The van der Waals surface area contributed by atoms with Gasteiger partial charge in [-0.2, -0.15) is 0 Å². The summed E-state index contributed by atoms with van der Waals surface area (Å²) in [5.41, 5.74) is 0.780. The number of benzene rings is 2. The molecule has 0 radical (unpaired) electrons. The van der Waals surface area contributed by atoms with Gasteiger partial charge in [0.05, 0.1) is 26.2 Å². The average molecular weight is 503 g/mol. The van der Waals surface area contributed by atoms with Crippen molar-refractivity contribution in [2.24, 2.45) is 0 Å². The quantitative estimate of drug-likeness (QED) is 0.537. The number of hydrogen-bond donors (Lipinski definition) is 1. The second-order valence-corrected chi connectivity index (χ2v) is 9.32. The number of carbonyl (C=O) groups excluding carboxylic acids is 1. The van der Waals surface area contributed by atoms with E-state index in [2.05, 4.69) is 21.2 Å². The molecule has 0 unspecified atom stereocenters. The number of nitrogens with one attached hydrogen (secondary N) is 1. The largest absolute Gasteiger partial charge is 0.493 e. The molecule has 0 aliphatic carbocycles. The van der Waals surface area contributed by atoms with Gasteiger partial charge in [0.15, 0.2) is 11.5 Å². The Hall–Kier alpha value is -2.33. The third-order valence-electron chi connectivity index (χ3n) is 4.28. The van der Waals surface area contributed by atoms with Crippen LogP contribution < -0.4 is 19.1 Å². The number of anilines is 1. The lowest BCUT2D eigenvalue weighted by Crippen LogP contribution is -2.32. The molecule has 30 heavy (non-hydrogen) atoms. The fraction of sp³-hybridized carbons (Fsp3) is 0.350. The molecule has 2 aromatic carbocycles. The van der Waals surface area contributed by atoms with Crippen LogP contribution in [-0.2, 0) is 21.4 Å². The molecule has 0 aliphatic heterocycles. The van der Waals surface area contributed by atoms with Gasteiger partial charge in [-0.25, -0.2) is 12.8 Å². The Morgan fingerprint density at radius 3 is 2.43 bits per heavy atom. The summed E-state index contributed by atoms with van der Waals surface area (Å²) in [4.78, 5) is 12.2. The van der Waals surface area contributed by atoms with Gasteiger partial charge in [0.1, 0.15) is 5.82 Å². The molecule has 0 spiro atoms. The topological polar surface area (TPSA) is 84.9 Å². The maximum atomic E-state index is 14.2. The highest BCUT2D eigenvalue weighted by atomic mass is 79.9. The Labute approximate surface area is 184 Å². The maximum Gasteiger partial charge on any atom is 0.232 e. The van der Waals surface area contributed by atoms with Crippen LogP contribution in [0.3, 0.4) is 0 Å². The zero-order valence-electron chi connectivity index (χ0n) is 16.9. The number of methoxy groups -OCH3 is 2. The van der Waals surface area contributed by atoms with Crippen molar-refractivity contribution >= 4 is 37.5 Å². The SMILES string of the molecule is COc1ccc(CNC(=O)CCCN(c2ccc(Br)cc2F)S(C)(=O)=O)cc1OC. The number of halogens is 2. The minimum atomic E-state index is -3.70. The summed E-state index contributed by atoms with van der Waals surface area (Å²) >= 11 is 3.15. The van der Waals surface area contributed by atoms with E-state index in [-0.39, 0.29) is 37.5 Å². The van der Waals surface area contributed by atoms with Gasteiger partial charge in [0.25, 0.3) is 0 Å². The summed E-state index contributed by atoms with van der Waals surface area (Å²) in [7, 11) is -0.630. The Balaban J connectivity index is 1.93. The number of sulfonamides is 1. The standard InChI is InChI=1S/C20H24BrFN2O5S/c1-28-18-9-6-14(11-19(18)29-2)13-23-20(25)5-4-10-24(30(3,26)27)17-8-7-15(21)12-16(17)22/h6-9,11-12H,4-5,10,13H2,1-3H3,(H,23,25). The van der Waals surface area contributed by atoms with Crippen LogP contribution in [0.1, 0.15) is 18.4 Å². The smallest absolute Gasteiger partial charge is 0.232 e. The van der Waals surface area contributed by atoms with Crippen molar-refractivity contribution in [1.82, 2.24) is 5.32 Å². The molecular weight excluding hydrogens is 479 g/mol. The van der Waals surface area contributed by atoms with Crippen molar-refractivity contribution < 1.29 is 27.1 Å². The van der Waals surface area contributed by atoms with E-state index >= 15 is 0 Å². The van der Waals surface area contributed by atoms with Gasteiger partial charge in [-0.3, -0.25) is 9.10 Å². The predicted molar refractivity (Wildman–Crippen MR) is 117 cm³/mol. The molecule has 1 amide bonds. The van der Waals surface area contributed by atoms with Crippen LogP contribution in [0.5, 0.6) is 11.5 Å². The second-order valence-electron chi connectivity index (χ2n) is 6.50. The van der Waals surface area contributed by atoms with Crippen LogP contribution in [0, 0.1) is 5.82 Å². The zero-order chi connectivity index (χ0) is 22.3. The molecule has 0 aromatic heterocycles. The van der Waals surface area contributed by atoms with Crippen molar-refractivity contribution in [1.29, 1.82) is 0 Å². The zero-order valence-corrected chi connectivity index (χ0v) is 19.3. The van der Waals surface area contributed by atoms with Crippen molar-refractivity contribution in [3.05, 3.63) is 52.3 Å². The summed E-state index contributed by atoms with van der Waals surface area (Å²) in [6.07, 6.45) is 1.34. The number of carbonyl (C=O) groups is 1. The first kappa shape index (κ1) is 23.9. The maximum absolute atomic E-state index is 14.2. The lowest BCUT2D eigenvalue weighted by molar-refractivity contribution is -0.121. The van der Waals surface area contributed by atoms with E-state index in [9.17, 15) is 17.6 Å². The lowest BCUT2D eigenvalue weighted by atomic mass is 10.2. The molecule has 2 rings (SSSR count). The highest BCUT2D eigenvalue weighted by molar-refractivity contribution is 9.10. The van der Waals surface area contributed by atoms with E-state index in [4.69, 9.17) is 9.47 Å². The highest BCUT2D eigenvalue weighted by Gasteiger charge is 2.21. The summed E-state index contributed by atoms with van der Waals surface area (Å²) in [5, 5.41) is 2.78. The molecule has 164 valence electrons. The number of hydrogen-bond acceptors (Lipinski definition) is 5. The van der Waals surface area contributed by atoms with E-state index < -0.39 is 15.8 Å². The van der Waals surface area contributed by atoms with Gasteiger partial charge in [0, 0.05) is 24.0 Å². The molecule has 10 heteroatoms. The summed E-state index contributed by atoms with van der Waals surface area (Å²) in [5.74, 6) is 0.250. The highest BCUT2D eigenvalue weighted by Crippen LogP contribution is 2.27. The first-order valence-electron chi connectivity index (χ1n) is 9.06. The minimum absolute atomic E-state index is 0.0127. The molecule has 0 aliphatic rings. The number of nitrogens with zero attached hydrogens (tertiary/aromatic N) is 1. The Bertz CT molecular complexity index is 1000. The Kier molecular flexibility index (Phi) is 8.48. The van der Waals surface area contributed by atoms with Crippen LogP contribution in [-0.4, -0.2) is 41.3 Å². The van der Waals surface area contributed by atoms with Crippen molar-refractivity contribution in [3.63, 3.8) is 0 Å². The van der Waals surface area contributed by atoms with Crippen molar-refractivity contribution in [3.8, 4) is 11.5 Å². The molecule has 0 bridgehead atoms. The van der Waals surface area contributed by atoms with Gasteiger partial charge >= 0.3 is 0 Å². The molecule has 7 nitrogen and oxygen atoms in total. The van der Waals surface area contributed by atoms with Gasteiger partial charge in [-0.1, -0.05) is 22.0 Å². The number of amides is 1. The van der Waals surface area contributed by atoms with Gasteiger partial charge in [-0.15, -0.1) is 0 Å². The van der Waals surface area contributed by atoms with Gasteiger partial charge < -0.3 is 14.8 Å². The van der Waals surface area contributed by atoms with E-state index in [1.807, 2.05) is 6.07 Å². The third-order valence-corrected chi connectivity index (χ3v) is 5.95. The van der Waals surface area contributed by atoms with Crippen LogP contribution in [0.4, 0.5) is 10.1 Å². The fourth-order valence-electron chi connectivity index (χ4n) is 2.81. The number of ether oxygens (including phenoxy) is 2. The van der Waals surface area contributed by atoms with E-state index in [0.717, 1.165) is 16.1 Å².